The molecule has 2 nitrogen and oxygen atoms in total. The van der Waals surface area contributed by atoms with Crippen LogP contribution in [0.5, 0.6) is 0 Å². The van der Waals surface area contributed by atoms with Gasteiger partial charge in [0, 0.05) is 11.5 Å². The lowest BCUT2D eigenvalue weighted by molar-refractivity contribution is 0.0948. The summed E-state index contributed by atoms with van der Waals surface area (Å²) in [6, 6.07) is 7.44. The van der Waals surface area contributed by atoms with Crippen molar-refractivity contribution in [1.82, 2.24) is 0 Å². The molecule has 1 aromatic rings. The number of rotatable bonds is 4. The molecule has 2 heteroatoms. The van der Waals surface area contributed by atoms with Gasteiger partial charge < -0.3 is 5.11 Å². The molecule has 1 aliphatic carbocycles. The Hall–Kier alpha value is -1.15. The van der Waals surface area contributed by atoms with E-state index in [1.165, 1.54) is 0 Å². The van der Waals surface area contributed by atoms with E-state index in [2.05, 4.69) is 0 Å². The lowest BCUT2D eigenvalue weighted by atomic mass is 9.92. The van der Waals surface area contributed by atoms with E-state index in [1.54, 1.807) is 0 Å². The molecule has 1 saturated carbocycles. The first-order chi connectivity index (χ1) is 7.61. The zero-order chi connectivity index (χ0) is 11.7. The minimum Gasteiger partial charge on any atom is -0.388 e. The van der Waals surface area contributed by atoms with Crippen LogP contribution < -0.4 is 0 Å². The van der Waals surface area contributed by atoms with Gasteiger partial charge in [-0.1, -0.05) is 38.1 Å². The Morgan fingerprint density at radius 1 is 1.31 bits per heavy atom. The first kappa shape index (κ1) is 11.3. The summed E-state index contributed by atoms with van der Waals surface area (Å²) in [6.07, 6.45) is 1.47. The van der Waals surface area contributed by atoms with Crippen molar-refractivity contribution >= 4 is 5.78 Å². The van der Waals surface area contributed by atoms with Crippen LogP contribution in [0.4, 0.5) is 0 Å². The SMILES string of the molecule is CC(C)C(O)c1ccccc1C(=O)C1CC1. The van der Waals surface area contributed by atoms with Crippen molar-refractivity contribution < 1.29 is 9.90 Å². The summed E-state index contributed by atoms with van der Waals surface area (Å²) < 4.78 is 0. The van der Waals surface area contributed by atoms with Gasteiger partial charge in [-0.3, -0.25) is 4.79 Å². The topological polar surface area (TPSA) is 37.3 Å². The molecule has 0 heterocycles. The minimum atomic E-state index is -0.543. The molecule has 1 fully saturated rings. The Morgan fingerprint density at radius 2 is 1.94 bits per heavy atom. The summed E-state index contributed by atoms with van der Waals surface area (Å²) in [5.41, 5.74) is 1.50. The molecule has 1 aromatic carbocycles. The van der Waals surface area contributed by atoms with Crippen LogP contribution in [0.1, 0.15) is 48.7 Å². The van der Waals surface area contributed by atoms with Crippen LogP contribution in [-0.4, -0.2) is 10.9 Å². The molecule has 1 N–H and O–H groups in total. The highest BCUT2D eigenvalue weighted by molar-refractivity contribution is 6.00. The van der Waals surface area contributed by atoms with Crippen molar-refractivity contribution in [2.24, 2.45) is 11.8 Å². The van der Waals surface area contributed by atoms with Crippen molar-refractivity contribution in [2.75, 3.05) is 0 Å². The highest BCUT2D eigenvalue weighted by atomic mass is 16.3. The average Bonchev–Trinajstić information content (AvgIpc) is 3.11. The highest BCUT2D eigenvalue weighted by Crippen LogP contribution is 2.35. The molecule has 0 aliphatic heterocycles. The van der Waals surface area contributed by atoms with E-state index in [4.69, 9.17) is 0 Å². The van der Waals surface area contributed by atoms with Crippen molar-refractivity contribution in [3.63, 3.8) is 0 Å². The van der Waals surface area contributed by atoms with Crippen molar-refractivity contribution in [3.8, 4) is 0 Å². The number of Topliss-reactive ketones (excluding diaryl/α,β-unsaturated/α-hetero) is 1. The van der Waals surface area contributed by atoms with E-state index in [-0.39, 0.29) is 17.6 Å². The van der Waals surface area contributed by atoms with E-state index in [0.717, 1.165) is 18.4 Å². The van der Waals surface area contributed by atoms with Crippen molar-refractivity contribution in [3.05, 3.63) is 35.4 Å². The van der Waals surface area contributed by atoms with E-state index < -0.39 is 6.10 Å². The van der Waals surface area contributed by atoms with Gasteiger partial charge in [0.25, 0.3) is 0 Å². The molecule has 0 spiro atoms. The standard InChI is InChI=1S/C14H18O2/c1-9(2)13(15)11-5-3-4-6-12(11)14(16)10-7-8-10/h3-6,9-10,13,15H,7-8H2,1-2H3. The number of carbonyl (C=O) groups is 1. The lowest BCUT2D eigenvalue weighted by Gasteiger charge is -2.17. The Kier molecular flexibility index (Phi) is 3.10. The van der Waals surface area contributed by atoms with Gasteiger partial charge in [0.1, 0.15) is 0 Å². The lowest BCUT2D eigenvalue weighted by Crippen LogP contribution is -2.12. The number of ketones is 1. The molecule has 0 aromatic heterocycles. The van der Waals surface area contributed by atoms with Crippen molar-refractivity contribution in [1.29, 1.82) is 0 Å². The molecular formula is C14H18O2. The number of benzene rings is 1. The molecule has 0 radical (unpaired) electrons. The van der Waals surface area contributed by atoms with Gasteiger partial charge in [0.2, 0.25) is 0 Å². The third-order valence-corrected chi connectivity index (χ3v) is 3.12. The van der Waals surface area contributed by atoms with E-state index in [9.17, 15) is 9.90 Å². The Labute approximate surface area is 96.3 Å². The fourth-order valence-electron chi connectivity index (χ4n) is 1.90. The summed E-state index contributed by atoms with van der Waals surface area (Å²) in [5.74, 6) is 0.545. The van der Waals surface area contributed by atoms with E-state index >= 15 is 0 Å². The number of carbonyl (C=O) groups excluding carboxylic acids is 1. The normalized spacial score (nSPS) is 17.5. The van der Waals surface area contributed by atoms with E-state index in [0.29, 0.717) is 5.56 Å². The largest absolute Gasteiger partial charge is 0.388 e. The molecule has 0 bridgehead atoms. The summed E-state index contributed by atoms with van der Waals surface area (Å²) >= 11 is 0. The second kappa shape index (κ2) is 4.38. The summed E-state index contributed by atoms with van der Waals surface area (Å²) in [6.45, 7) is 3.92. The summed E-state index contributed by atoms with van der Waals surface area (Å²) in [5, 5.41) is 10.1. The second-order valence-electron chi connectivity index (χ2n) is 4.91. The fourth-order valence-corrected chi connectivity index (χ4v) is 1.90. The quantitative estimate of drug-likeness (QED) is 0.789. The maximum Gasteiger partial charge on any atom is 0.166 e. The molecule has 0 saturated heterocycles. The third-order valence-electron chi connectivity index (χ3n) is 3.12. The first-order valence-corrected chi connectivity index (χ1v) is 5.92. The molecule has 1 aliphatic rings. The van der Waals surface area contributed by atoms with Gasteiger partial charge in [0.15, 0.2) is 5.78 Å². The molecule has 86 valence electrons. The van der Waals surface area contributed by atoms with Crippen molar-refractivity contribution in [2.45, 2.75) is 32.8 Å². The van der Waals surface area contributed by atoms with Gasteiger partial charge in [-0.2, -0.15) is 0 Å². The van der Waals surface area contributed by atoms with Gasteiger partial charge in [-0.15, -0.1) is 0 Å². The number of hydrogen-bond donors (Lipinski definition) is 1. The predicted octanol–water partition coefficient (Wildman–Crippen LogP) is 2.97. The van der Waals surface area contributed by atoms with Crippen LogP contribution in [0.25, 0.3) is 0 Å². The third kappa shape index (κ3) is 2.17. The van der Waals surface area contributed by atoms with E-state index in [1.807, 2.05) is 38.1 Å². The molecular weight excluding hydrogens is 200 g/mol. The van der Waals surface area contributed by atoms with Crippen LogP contribution in [0.2, 0.25) is 0 Å². The first-order valence-electron chi connectivity index (χ1n) is 5.92. The Balaban J connectivity index is 2.33. The highest BCUT2D eigenvalue weighted by Gasteiger charge is 2.32. The van der Waals surface area contributed by atoms with Crippen LogP contribution in [-0.2, 0) is 0 Å². The molecule has 16 heavy (non-hydrogen) atoms. The smallest absolute Gasteiger partial charge is 0.166 e. The second-order valence-corrected chi connectivity index (χ2v) is 4.91. The number of hydrogen-bond acceptors (Lipinski definition) is 2. The number of aliphatic hydroxyl groups is 1. The van der Waals surface area contributed by atoms with Crippen LogP contribution in [0.3, 0.4) is 0 Å². The van der Waals surface area contributed by atoms with Crippen LogP contribution in [0, 0.1) is 11.8 Å². The maximum atomic E-state index is 12.0. The maximum absolute atomic E-state index is 12.0. The van der Waals surface area contributed by atoms with Gasteiger partial charge in [0.05, 0.1) is 6.10 Å². The Bertz CT molecular complexity index is 391. The Morgan fingerprint density at radius 3 is 2.50 bits per heavy atom. The molecule has 2 rings (SSSR count). The zero-order valence-electron chi connectivity index (χ0n) is 9.81. The van der Waals surface area contributed by atoms with Gasteiger partial charge >= 0.3 is 0 Å². The predicted molar refractivity (Wildman–Crippen MR) is 63.3 cm³/mol. The number of aliphatic hydroxyl groups excluding tert-OH is 1. The molecule has 1 atom stereocenters. The van der Waals surface area contributed by atoms with Gasteiger partial charge in [-0.25, -0.2) is 0 Å². The van der Waals surface area contributed by atoms with Crippen LogP contribution in [0.15, 0.2) is 24.3 Å². The summed E-state index contributed by atoms with van der Waals surface area (Å²) in [7, 11) is 0. The molecule has 1 unspecified atom stereocenters. The molecule has 0 amide bonds. The van der Waals surface area contributed by atoms with Gasteiger partial charge in [-0.05, 0) is 24.3 Å². The minimum absolute atomic E-state index is 0.133. The fraction of sp³-hybridized carbons (Fsp3) is 0.500. The van der Waals surface area contributed by atoms with Crippen LogP contribution >= 0.6 is 0 Å². The average molecular weight is 218 g/mol. The monoisotopic (exact) mass is 218 g/mol. The zero-order valence-corrected chi connectivity index (χ0v) is 9.81. The summed E-state index contributed by atoms with van der Waals surface area (Å²) in [4.78, 5) is 12.0.